The molecule has 2 aliphatic heterocycles. The van der Waals surface area contributed by atoms with Gasteiger partial charge in [0.25, 0.3) is 5.79 Å². The summed E-state index contributed by atoms with van der Waals surface area (Å²) in [5.41, 5.74) is 2.49. The van der Waals surface area contributed by atoms with Gasteiger partial charge in [-0.2, -0.15) is 0 Å². The van der Waals surface area contributed by atoms with E-state index in [0.29, 0.717) is 19.8 Å². The molecule has 0 N–H and O–H groups in total. The summed E-state index contributed by atoms with van der Waals surface area (Å²) in [5, 5.41) is 0. The van der Waals surface area contributed by atoms with Gasteiger partial charge in [0.05, 0.1) is 32.6 Å². The lowest BCUT2D eigenvalue weighted by molar-refractivity contribution is -0.272. The second kappa shape index (κ2) is 9.94. The second-order valence-corrected chi connectivity index (χ2v) is 9.06. The van der Waals surface area contributed by atoms with Crippen molar-refractivity contribution in [3.8, 4) is 5.75 Å². The SMILES string of the molecule is COC(=O)C1(C)OCC(Cc2ccc(OCCN3CCSc4ccccc43)cc2)CO1. The van der Waals surface area contributed by atoms with Gasteiger partial charge in [-0.25, -0.2) is 4.79 Å². The van der Waals surface area contributed by atoms with Crippen LogP contribution in [-0.4, -0.2) is 57.5 Å². The predicted molar refractivity (Wildman–Crippen MR) is 121 cm³/mol. The molecule has 166 valence electrons. The van der Waals surface area contributed by atoms with E-state index >= 15 is 0 Å². The van der Waals surface area contributed by atoms with Crippen LogP contribution in [-0.2, 0) is 25.4 Å². The molecular formula is C24H29NO5S. The Morgan fingerprint density at radius 1 is 1.16 bits per heavy atom. The Morgan fingerprint density at radius 2 is 1.90 bits per heavy atom. The zero-order chi connectivity index (χ0) is 21.7. The van der Waals surface area contributed by atoms with Crippen molar-refractivity contribution in [1.82, 2.24) is 0 Å². The average molecular weight is 444 g/mol. The van der Waals surface area contributed by atoms with Gasteiger partial charge in [0.15, 0.2) is 0 Å². The first-order valence-electron chi connectivity index (χ1n) is 10.6. The van der Waals surface area contributed by atoms with E-state index in [1.807, 2.05) is 23.9 Å². The van der Waals surface area contributed by atoms with Crippen LogP contribution in [0, 0.1) is 5.92 Å². The minimum atomic E-state index is -1.30. The smallest absolute Gasteiger partial charge is 0.366 e. The zero-order valence-electron chi connectivity index (χ0n) is 18.0. The van der Waals surface area contributed by atoms with E-state index in [1.165, 1.54) is 23.3 Å². The monoisotopic (exact) mass is 443 g/mol. The highest BCUT2D eigenvalue weighted by atomic mass is 32.2. The average Bonchev–Trinajstić information content (AvgIpc) is 2.81. The molecule has 2 aromatic carbocycles. The van der Waals surface area contributed by atoms with Gasteiger partial charge in [-0.05, 0) is 36.2 Å². The van der Waals surface area contributed by atoms with E-state index in [4.69, 9.17) is 18.9 Å². The fourth-order valence-electron chi connectivity index (χ4n) is 3.85. The quantitative estimate of drug-likeness (QED) is 0.604. The summed E-state index contributed by atoms with van der Waals surface area (Å²) in [4.78, 5) is 15.5. The highest BCUT2D eigenvalue weighted by Crippen LogP contribution is 2.34. The van der Waals surface area contributed by atoms with Gasteiger partial charge in [0.2, 0.25) is 0 Å². The number of benzene rings is 2. The lowest BCUT2D eigenvalue weighted by atomic mass is 9.99. The van der Waals surface area contributed by atoms with Gasteiger partial charge in [0, 0.05) is 30.0 Å². The summed E-state index contributed by atoms with van der Waals surface area (Å²) < 4.78 is 22.0. The number of esters is 1. The lowest BCUT2D eigenvalue weighted by Gasteiger charge is -2.35. The first-order chi connectivity index (χ1) is 15.1. The second-order valence-electron chi connectivity index (χ2n) is 7.93. The number of hydrogen-bond donors (Lipinski definition) is 0. The van der Waals surface area contributed by atoms with Gasteiger partial charge in [0.1, 0.15) is 12.4 Å². The van der Waals surface area contributed by atoms with Crippen molar-refractivity contribution >= 4 is 23.4 Å². The number of carbonyl (C=O) groups is 1. The predicted octanol–water partition coefficient (Wildman–Crippen LogP) is 3.77. The van der Waals surface area contributed by atoms with Crippen LogP contribution in [0.25, 0.3) is 0 Å². The lowest BCUT2D eigenvalue weighted by Crippen LogP contribution is -2.48. The number of rotatable bonds is 7. The molecule has 6 nitrogen and oxygen atoms in total. The summed E-state index contributed by atoms with van der Waals surface area (Å²) in [6, 6.07) is 16.7. The molecule has 0 saturated carbocycles. The van der Waals surface area contributed by atoms with Crippen LogP contribution in [0.4, 0.5) is 5.69 Å². The third-order valence-electron chi connectivity index (χ3n) is 5.65. The molecule has 0 atom stereocenters. The molecule has 31 heavy (non-hydrogen) atoms. The number of ether oxygens (including phenoxy) is 4. The topological polar surface area (TPSA) is 57.2 Å². The molecular weight excluding hydrogens is 414 g/mol. The minimum absolute atomic E-state index is 0.196. The van der Waals surface area contributed by atoms with Crippen molar-refractivity contribution in [1.29, 1.82) is 0 Å². The van der Waals surface area contributed by atoms with Crippen LogP contribution in [0.5, 0.6) is 5.75 Å². The molecule has 4 rings (SSSR count). The molecule has 0 amide bonds. The van der Waals surface area contributed by atoms with Crippen molar-refractivity contribution in [2.45, 2.75) is 24.0 Å². The number of nitrogens with zero attached hydrogens (tertiary/aromatic N) is 1. The van der Waals surface area contributed by atoms with Crippen LogP contribution in [0.2, 0.25) is 0 Å². The van der Waals surface area contributed by atoms with Crippen LogP contribution in [0.15, 0.2) is 53.4 Å². The Balaban J connectivity index is 1.23. The van der Waals surface area contributed by atoms with Crippen molar-refractivity contribution < 1.29 is 23.7 Å². The Morgan fingerprint density at radius 3 is 2.65 bits per heavy atom. The first kappa shape index (κ1) is 22.0. The van der Waals surface area contributed by atoms with Gasteiger partial charge in [-0.1, -0.05) is 24.3 Å². The van der Waals surface area contributed by atoms with Crippen LogP contribution < -0.4 is 9.64 Å². The standard InChI is InChI=1S/C24H29NO5S/c1-24(23(26)27-2)29-16-19(17-30-24)15-18-7-9-20(10-8-18)28-13-11-25-12-14-31-22-6-4-3-5-21(22)25/h3-10,19H,11-17H2,1-2H3. The van der Waals surface area contributed by atoms with E-state index in [-0.39, 0.29) is 5.92 Å². The Hall–Kier alpha value is -2.22. The van der Waals surface area contributed by atoms with E-state index < -0.39 is 11.8 Å². The molecule has 2 heterocycles. The van der Waals surface area contributed by atoms with Crippen molar-refractivity contribution in [2.75, 3.05) is 50.7 Å². The number of anilines is 1. The largest absolute Gasteiger partial charge is 0.492 e. The summed E-state index contributed by atoms with van der Waals surface area (Å²) in [7, 11) is 1.33. The number of carbonyl (C=O) groups excluding carboxylic acids is 1. The summed E-state index contributed by atoms with van der Waals surface area (Å²) in [6.07, 6.45) is 0.819. The third kappa shape index (κ3) is 5.34. The summed E-state index contributed by atoms with van der Waals surface area (Å²) in [5.74, 6) is 0.383. The van der Waals surface area contributed by atoms with Crippen molar-refractivity contribution in [2.24, 2.45) is 5.92 Å². The first-order valence-corrected chi connectivity index (χ1v) is 11.6. The molecule has 2 aromatic rings. The fourth-order valence-corrected chi connectivity index (χ4v) is 4.90. The van der Waals surface area contributed by atoms with Gasteiger partial charge < -0.3 is 23.8 Å². The fraction of sp³-hybridized carbons (Fsp3) is 0.458. The normalized spacial score (nSPS) is 23.2. The van der Waals surface area contributed by atoms with Gasteiger partial charge in [-0.15, -0.1) is 11.8 Å². The highest BCUT2D eigenvalue weighted by molar-refractivity contribution is 7.99. The maximum Gasteiger partial charge on any atom is 0.366 e. The molecule has 0 bridgehead atoms. The maximum atomic E-state index is 11.7. The zero-order valence-corrected chi connectivity index (χ0v) is 18.9. The van der Waals surface area contributed by atoms with E-state index in [2.05, 4.69) is 41.3 Å². The summed E-state index contributed by atoms with van der Waals surface area (Å²) >= 11 is 1.92. The van der Waals surface area contributed by atoms with E-state index in [1.54, 1.807) is 6.92 Å². The number of fused-ring (bicyclic) bond motifs is 1. The van der Waals surface area contributed by atoms with Crippen LogP contribution >= 0.6 is 11.8 Å². The maximum absolute atomic E-state index is 11.7. The molecule has 1 fully saturated rings. The van der Waals surface area contributed by atoms with Crippen LogP contribution in [0.1, 0.15) is 12.5 Å². The Labute approximate surface area is 187 Å². The molecule has 0 aliphatic carbocycles. The molecule has 7 heteroatoms. The molecule has 1 saturated heterocycles. The molecule has 0 aromatic heterocycles. The minimum Gasteiger partial charge on any atom is -0.492 e. The molecule has 2 aliphatic rings. The number of methoxy groups -OCH3 is 1. The van der Waals surface area contributed by atoms with Crippen LogP contribution in [0.3, 0.4) is 0 Å². The van der Waals surface area contributed by atoms with Gasteiger partial charge >= 0.3 is 5.97 Å². The Bertz CT molecular complexity index is 880. The number of para-hydroxylation sites is 1. The molecule has 0 spiro atoms. The third-order valence-corrected chi connectivity index (χ3v) is 6.69. The summed E-state index contributed by atoms with van der Waals surface area (Å²) in [6.45, 7) is 5.08. The van der Waals surface area contributed by atoms with Crippen molar-refractivity contribution in [3.63, 3.8) is 0 Å². The molecule has 0 unspecified atom stereocenters. The molecule has 0 radical (unpaired) electrons. The number of hydrogen-bond acceptors (Lipinski definition) is 7. The Kier molecular flexibility index (Phi) is 7.05. The van der Waals surface area contributed by atoms with E-state index in [9.17, 15) is 4.79 Å². The van der Waals surface area contributed by atoms with E-state index in [0.717, 1.165) is 31.0 Å². The number of thioether (sulfide) groups is 1. The van der Waals surface area contributed by atoms with Crippen molar-refractivity contribution in [3.05, 3.63) is 54.1 Å². The highest BCUT2D eigenvalue weighted by Gasteiger charge is 2.41. The van der Waals surface area contributed by atoms with Gasteiger partial charge in [-0.3, -0.25) is 0 Å².